The van der Waals surface area contributed by atoms with Crippen LogP contribution in [-0.2, 0) is 17.7 Å². The molecule has 1 aromatic carbocycles. The van der Waals surface area contributed by atoms with Gasteiger partial charge in [0.1, 0.15) is 5.82 Å². The first-order chi connectivity index (χ1) is 10.7. The van der Waals surface area contributed by atoms with Crippen LogP contribution in [0.1, 0.15) is 30.1 Å². The van der Waals surface area contributed by atoms with Gasteiger partial charge in [-0.1, -0.05) is 23.4 Å². The molecule has 1 saturated heterocycles. The molecule has 0 N–H and O–H groups in total. The highest BCUT2D eigenvalue weighted by atomic mass is 19.1. The van der Waals surface area contributed by atoms with Crippen LogP contribution in [0.3, 0.4) is 0 Å². The summed E-state index contributed by atoms with van der Waals surface area (Å²) in [5.74, 6) is 0.844. The van der Waals surface area contributed by atoms with E-state index in [4.69, 9.17) is 9.26 Å². The van der Waals surface area contributed by atoms with Gasteiger partial charge in [-0.2, -0.15) is 4.98 Å². The Hall–Kier alpha value is -1.79. The van der Waals surface area contributed by atoms with Crippen molar-refractivity contribution in [3.63, 3.8) is 0 Å². The van der Waals surface area contributed by atoms with E-state index in [0.29, 0.717) is 30.2 Å². The van der Waals surface area contributed by atoms with Crippen LogP contribution in [0.4, 0.5) is 4.39 Å². The van der Waals surface area contributed by atoms with Crippen molar-refractivity contribution in [3.05, 3.63) is 47.4 Å². The molecule has 1 aliphatic rings. The molecule has 2 heterocycles. The van der Waals surface area contributed by atoms with Crippen molar-refractivity contribution in [1.29, 1.82) is 0 Å². The maximum atomic E-state index is 13.6. The standard InChI is InChI=1S/C16H20FN3O2/c1-21-13-6-4-8-20(10-13)11-16-18-15(19-22-16)9-12-5-2-3-7-14(12)17/h2-3,5,7,13H,4,6,8-11H2,1H3/t13-/m0/s1. The summed E-state index contributed by atoms with van der Waals surface area (Å²) in [6.07, 6.45) is 2.82. The summed E-state index contributed by atoms with van der Waals surface area (Å²) < 4.78 is 24.3. The third-order valence-electron chi connectivity index (χ3n) is 3.97. The van der Waals surface area contributed by atoms with Gasteiger partial charge < -0.3 is 9.26 Å². The Kier molecular flexibility index (Phi) is 4.80. The van der Waals surface area contributed by atoms with E-state index in [1.54, 1.807) is 25.3 Å². The third kappa shape index (κ3) is 3.69. The Morgan fingerprint density at radius 3 is 3.09 bits per heavy atom. The molecule has 1 aliphatic heterocycles. The molecule has 1 fully saturated rings. The largest absolute Gasteiger partial charge is 0.380 e. The monoisotopic (exact) mass is 305 g/mol. The molecule has 2 aromatic rings. The molecule has 1 aromatic heterocycles. The molecule has 0 unspecified atom stereocenters. The van der Waals surface area contributed by atoms with Crippen molar-refractivity contribution in [2.75, 3.05) is 20.2 Å². The average molecular weight is 305 g/mol. The van der Waals surface area contributed by atoms with Gasteiger partial charge in [0.2, 0.25) is 5.89 Å². The summed E-state index contributed by atoms with van der Waals surface area (Å²) in [5.41, 5.74) is 0.576. The van der Waals surface area contributed by atoms with E-state index in [9.17, 15) is 4.39 Å². The first-order valence-electron chi connectivity index (χ1n) is 7.54. The van der Waals surface area contributed by atoms with Crippen molar-refractivity contribution in [1.82, 2.24) is 15.0 Å². The molecule has 0 spiro atoms. The normalized spacial score (nSPS) is 19.5. The second-order valence-corrected chi connectivity index (χ2v) is 5.61. The lowest BCUT2D eigenvalue weighted by molar-refractivity contribution is 0.0251. The molecule has 22 heavy (non-hydrogen) atoms. The topological polar surface area (TPSA) is 51.4 Å². The van der Waals surface area contributed by atoms with Crippen LogP contribution in [-0.4, -0.2) is 41.3 Å². The van der Waals surface area contributed by atoms with Gasteiger partial charge in [0.05, 0.1) is 12.6 Å². The summed E-state index contributed by atoms with van der Waals surface area (Å²) in [7, 11) is 1.74. The predicted octanol–water partition coefficient (Wildman–Crippen LogP) is 2.41. The maximum Gasteiger partial charge on any atom is 0.240 e. The number of piperidine rings is 1. The van der Waals surface area contributed by atoms with Gasteiger partial charge in [-0.15, -0.1) is 0 Å². The van der Waals surface area contributed by atoms with Crippen LogP contribution in [0.5, 0.6) is 0 Å². The van der Waals surface area contributed by atoms with E-state index in [0.717, 1.165) is 25.9 Å². The van der Waals surface area contributed by atoms with Crippen LogP contribution in [0.15, 0.2) is 28.8 Å². The number of nitrogens with zero attached hydrogens (tertiary/aromatic N) is 3. The Balaban J connectivity index is 1.60. The SMILES string of the molecule is CO[C@H]1CCCN(Cc2nc(Cc3ccccc3F)no2)C1. The summed E-state index contributed by atoms with van der Waals surface area (Å²) >= 11 is 0. The van der Waals surface area contributed by atoms with Gasteiger partial charge in [-0.3, -0.25) is 4.90 Å². The highest BCUT2D eigenvalue weighted by molar-refractivity contribution is 5.20. The fraction of sp³-hybridized carbons (Fsp3) is 0.500. The number of ether oxygens (including phenoxy) is 1. The van der Waals surface area contributed by atoms with Crippen LogP contribution < -0.4 is 0 Å². The maximum absolute atomic E-state index is 13.6. The zero-order chi connectivity index (χ0) is 15.4. The Bertz CT molecular complexity index is 617. The Morgan fingerprint density at radius 2 is 2.27 bits per heavy atom. The highest BCUT2D eigenvalue weighted by Crippen LogP contribution is 2.16. The van der Waals surface area contributed by atoms with Gasteiger partial charge >= 0.3 is 0 Å². The van der Waals surface area contributed by atoms with E-state index in [1.807, 2.05) is 0 Å². The zero-order valence-electron chi connectivity index (χ0n) is 12.7. The van der Waals surface area contributed by atoms with E-state index in [-0.39, 0.29) is 11.9 Å². The Morgan fingerprint density at radius 1 is 1.41 bits per heavy atom. The lowest BCUT2D eigenvalue weighted by Gasteiger charge is -2.30. The molecule has 5 nitrogen and oxygen atoms in total. The highest BCUT2D eigenvalue weighted by Gasteiger charge is 2.21. The van der Waals surface area contributed by atoms with Crippen molar-refractivity contribution >= 4 is 0 Å². The third-order valence-corrected chi connectivity index (χ3v) is 3.97. The molecule has 118 valence electrons. The molecule has 0 aliphatic carbocycles. The van der Waals surface area contributed by atoms with Crippen LogP contribution in [0.2, 0.25) is 0 Å². The molecule has 0 saturated carbocycles. The number of methoxy groups -OCH3 is 1. The van der Waals surface area contributed by atoms with Gasteiger partial charge in [0, 0.05) is 20.1 Å². The fourth-order valence-corrected chi connectivity index (χ4v) is 2.78. The summed E-state index contributed by atoms with van der Waals surface area (Å²) in [6, 6.07) is 6.65. The van der Waals surface area contributed by atoms with E-state index in [2.05, 4.69) is 15.0 Å². The van der Waals surface area contributed by atoms with Crippen molar-refractivity contribution < 1.29 is 13.7 Å². The second-order valence-electron chi connectivity index (χ2n) is 5.61. The minimum atomic E-state index is -0.243. The van der Waals surface area contributed by atoms with Gasteiger partial charge in [0.15, 0.2) is 5.82 Å². The molecule has 3 rings (SSSR count). The van der Waals surface area contributed by atoms with E-state index < -0.39 is 0 Å². The van der Waals surface area contributed by atoms with E-state index in [1.165, 1.54) is 6.07 Å². The second kappa shape index (κ2) is 6.98. The summed E-state index contributed by atoms with van der Waals surface area (Å²) in [4.78, 5) is 6.61. The summed E-state index contributed by atoms with van der Waals surface area (Å²) in [5, 5.41) is 3.95. The molecule has 0 radical (unpaired) electrons. The molecular weight excluding hydrogens is 285 g/mol. The lowest BCUT2D eigenvalue weighted by Crippen LogP contribution is -2.38. The van der Waals surface area contributed by atoms with Crippen molar-refractivity contribution in [2.24, 2.45) is 0 Å². The van der Waals surface area contributed by atoms with Crippen LogP contribution in [0, 0.1) is 5.82 Å². The quantitative estimate of drug-likeness (QED) is 0.849. The number of hydrogen-bond donors (Lipinski definition) is 0. The summed E-state index contributed by atoms with van der Waals surface area (Å²) in [6.45, 7) is 2.50. The average Bonchev–Trinajstić information content (AvgIpc) is 2.97. The minimum absolute atomic E-state index is 0.243. The smallest absolute Gasteiger partial charge is 0.240 e. The Labute approximate surface area is 129 Å². The zero-order valence-corrected chi connectivity index (χ0v) is 12.7. The number of likely N-dealkylation sites (tertiary alicyclic amines) is 1. The molecular formula is C16H20FN3O2. The number of benzene rings is 1. The first-order valence-corrected chi connectivity index (χ1v) is 7.54. The molecule has 1 atom stereocenters. The number of rotatable bonds is 5. The van der Waals surface area contributed by atoms with Gasteiger partial charge in [-0.05, 0) is 31.0 Å². The molecule has 6 heteroatoms. The van der Waals surface area contributed by atoms with Crippen LogP contribution in [0.25, 0.3) is 0 Å². The number of aromatic nitrogens is 2. The van der Waals surface area contributed by atoms with E-state index >= 15 is 0 Å². The van der Waals surface area contributed by atoms with Crippen molar-refractivity contribution in [2.45, 2.75) is 31.9 Å². The van der Waals surface area contributed by atoms with Gasteiger partial charge in [-0.25, -0.2) is 4.39 Å². The number of hydrogen-bond acceptors (Lipinski definition) is 5. The minimum Gasteiger partial charge on any atom is -0.380 e. The predicted molar refractivity (Wildman–Crippen MR) is 78.8 cm³/mol. The molecule has 0 amide bonds. The fourth-order valence-electron chi connectivity index (χ4n) is 2.78. The van der Waals surface area contributed by atoms with Gasteiger partial charge in [0.25, 0.3) is 0 Å². The number of halogens is 1. The lowest BCUT2D eigenvalue weighted by atomic mass is 10.1. The van der Waals surface area contributed by atoms with Crippen LogP contribution >= 0.6 is 0 Å². The first kappa shape index (κ1) is 15.1. The van der Waals surface area contributed by atoms with Crippen molar-refractivity contribution in [3.8, 4) is 0 Å². The molecule has 0 bridgehead atoms.